The van der Waals surface area contributed by atoms with Crippen molar-refractivity contribution in [1.82, 2.24) is 30.0 Å². The molecule has 2 aromatic heterocycles. The first-order valence-electron chi connectivity index (χ1n) is 14.6. The van der Waals surface area contributed by atoms with Gasteiger partial charge in [-0.1, -0.05) is 11.2 Å². The van der Waals surface area contributed by atoms with Crippen molar-refractivity contribution in [3.8, 4) is 5.75 Å². The number of carboxylic acids is 1. The summed E-state index contributed by atoms with van der Waals surface area (Å²) in [5.41, 5.74) is 2.24. The van der Waals surface area contributed by atoms with Gasteiger partial charge in [-0.3, -0.25) is 28.5 Å². The molecule has 4 amide bonds. The fourth-order valence-corrected chi connectivity index (χ4v) is 6.43. The first-order valence-corrected chi connectivity index (χ1v) is 16.9. The number of aromatic hydroxyl groups is 1. The second-order valence-electron chi connectivity index (χ2n) is 11.2. The number of aromatic nitrogens is 2. The van der Waals surface area contributed by atoms with Crippen molar-refractivity contribution in [2.75, 3.05) is 12.3 Å². The Bertz CT molecular complexity index is 2130. The molecule has 0 bridgehead atoms. The lowest BCUT2D eigenvalue weighted by Crippen LogP contribution is -2.74. The van der Waals surface area contributed by atoms with Crippen molar-refractivity contribution in [3.05, 3.63) is 74.6 Å². The van der Waals surface area contributed by atoms with Crippen molar-refractivity contribution in [2.45, 2.75) is 43.5 Å². The van der Waals surface area contributed by atoms with Gasteiger partial charge in [0, 0.05) is 42.0 Å². The standard InChI is InChI=1S/C28H28N8O13S2/c29-27-32-16(12-50-27)20(34-49-28(26(43)44)5-2-6-28)24(41)33-21-17(36(25(21)42)51(46,47)48)10-31-23(40)14-4-1-3-13(7-14)22(39)30-9-15-8-18(37)19(38)11-35(15)45/h1,3-4,7-8,11-12,17,21,38,45H,2,5-6,9-10H2,(H2,29,32)(H,30,39)(H,31,40)(H,33,41)(H,43,44)(H,46,47,48)/b34-20-/t17-,21+/m1/s1. The summed E-state index contributed by atoms with van der Waals surface area (Å²) >= 11 is 0.911. The molecule has 0 radical (unpaired) electrons. The minimum atomic E-state index is -5.18. The predicted octanol–water partition coefficient (Wildman–Crippen LogP) is -1.58. The number of anilines is 1. The Balaban J connectivity index is 1.28. The Morgan fingerprint density at radius 3 is 2.35 bits per heavy atom. The smallest absolute Gasteiger partial charge is 0.362 e. The fourth-order valence-electron chi connectivity index (χ4n) is 5.01. The van der Waals surface area contributed by atoms with E-state index in [1.807, 2.05) is 0 Å². The van der Waals surface area contributed by atoms with E-state index in [1.165, 1.54) is 23.6 Å². The molecule has 3 heterocycles. The first-order chi connectivity index (χ1) is 24.0. The average molecular weight is 749 g/mol. The number of carbonyl (C=O) groups excluding carboxylic acids is 4. The van der Waals surface area contributed by atoms with E-state index in [2.05, 4.69) is 26.1 Å². The molecule has 1 saturated heterocycles. The van der Waals surface area contributed by atoms with Crippen LogP contribution in [0.5, 0.6) is 5.75 Å². The van der Waals surface area contributed by atoms with Crippen LogP contribution >= 0.6 is 11.3 Å². The summed E-state index contributed by atoms with van der Waals surface area (Å²) < 4.78 is 34.2. The molecule has 1 aliphatic carbocycles. The number of nitrogens with one attached hydrogen (secondary N) is 3. The topological polar surface area (TPSA) is 322 Å². The van der Waals surface area contributed by atoms with E-state index in [0.29, 0.717) is 11.2 Å². The number of carboxylic acid groups (broad SMARTS) is 1. The molecule has 5 rings (SSSR count). The summed E-state index contributed by atoms with van der Waals surface area (Å²) in [5.74, 6) is -6.04. The zero-order chi connectivity index (χ0) is 37.2. The number of nitrogens with zero attached hydrogens (tertiary/aromatic N) is 4. The number of amides is 4. The first kappa shape index (κ1) is 36.2. The van der Waals surface area contributed by atoms with Gasteiger partial charge in [0.25, 0.3) is 23.6 Å². The van der Waals surface area contributed by atoms with E-state index >= 15 is 0 Å². The zero-order valence-corrected chi connectivity index (χ0v) is 27.5. The fraction of sp³-hybridized carbons (Fsp3) is 0.286. The number of aliphatic carboxylic acids is 1. The quantitative estimate of drug-likeness (QED) is 0.0321. The van der Waals surface area contributed by atoms with Crippen LogP contribution < -0.4 is 27.1 Å². The summed E-state index contributed by atoms with van der Waals surface area (Å²) in [5, 5.41) is 40.9. The van der Waals surface area contributed by atoms with Gasteiger partial charge in [-0.05, 0) is 24.6 Å². The van der Waals surface area contributed by atoms with Crippen LogP contribution in [-0.4, -0.2) is 102 Å². The Hall–Kier alpha value is -6.07. The molecule has 23 heteroatoms. The minimum Gasteiger partial charge on any atom is -0.503 e. The van der Waals surface area contributed by atoms with Crippen LogP contribution in [0.4, 0.5) is 5.13 Å². The molecule has 270 valence electrons. The molecular formula is C28H28N8O13S2. The van der Waals surface area contributed by atoms with Crippen LogP contribution in [-0.2, 0) is 36.1 Å². The molecule has 1 aliphatic heterocycles. The largest absolute Gasteiger partial charge is 0.503 e. The summed E-state index contributed by atoms with van der Waals surface area (Å²) in [4.78, 5) is 84.5. The highest BCUT2D eigenvalue weighted by Gasteiger charge is 2.54. The lowest BCUT2D eigenvalue weighted by molar-refractivity contribution is -0.178. The molecule has 2 aliphatic rings. The Labute approximate surface area is 290 Å². The monoisotopic (exact) mass is 748 g/mol. The lowest BCUT2D eigenvalue weighted by Gasteiger charge is -2.44. The van der Waals surface area contributed by atoms with Crippen molar-refractivity contribution in [1.29, 1.82) is 0 Å². The van der Waals surface area contributed by atoms with Crippen molar-refractivity contribution < 1.29 is 57.2 Å². The zero-order valence-electron chi connectivity index (χ0n) is 25.9. The van der Waals surface area contributed by atoms with Crippen molar-refractivity contribution in [2.24, 2.45) is 5.16 Å². The van der Waals surface area contributed by atoms with Crippen LogP contribution in [0, 0.1) is 0 Å². The van der Waals surface area contributed by atoms with Gasteiger partial charge in [0.15, 0.2) is 16.6 Å². The SMILES string of the molecule is Nc1nc(/C(=N/OC2(C(=O)O)CCC2)C(=O)N[C@@H]2C(=O)N(S(=O)(=O)O)[C@@H]2CNC(=O)c2cccc(C(=O)NCc3cc(=O)c(O)cn3O)c2)cs1. The summed E-state index contributed by atoms with van der Waals surface area (Å²) in [6.07, 6.45) is 1.48. The second-order valence-corrected chi connectivity index (χ2v) is 13.4. The van der Waals surface area contributed by atoms with E-state index in [0.717, 1.165) is 29.7 Å². The maximum atomic E-state index is 13.4. The number of nitrogens with two attached hydrogens (primary N) is 1. The molecule has 9 N–H and O–H groups in total. The van der Waals surface area contributed by atoms with Crippen molar-refractivity contribution >= 4 is 62.1 Å². The van der Waals surface area contributed by atoms with Gasteiger partial charge in [0.2, 0.25) is 11.0 Å². The number of pyridine rings is 1. The van der Waals surface area contributed by atoms with Crippen LogP contribution in [0.2, 0.25) is 0 Å². The van der Waals surface area contributed by atoms with Gasteiger partial charge in [-0.25, -0.2) is 14.1 Å². The molecule has 3 aromatic rings. The van der Waals surface area contributed by atoms with Gasteiger partial charge < -0.3 is 41.9 Å². The Kier molecular flexibility index (Phi) is 9.97. The number of hydrogen-bond donors (Lipinski definition) is 8. The van der Waals surface area contributed by atoms with Gasteiger partial charge in [-0.2, -0.15) is 13.1 Å². The average Bonchev–Trinajstić information content (AvgIpc) is 3.48. The molecule has 51 heavy (non-hydrogen) atoms. The van der Waals surface area contributed by atoms with E-state index in [4.69, 9.17) is 10.6 Å². The van der Waals surface area contributed by atoms with Crippen LogP contribution in [0.3, 0.4) is 0 Å². The number of nitrogen functional groups attached to an aromatic ring is 1. The summed E-state index contributed by atoms with van der Waals surface area (Å²) in [7, 11) is -5.18. The molecule has 1 aromatic carbocycles. The minimum absolute atomic E-state index is 0.00924. The van der Waals surface area contributed by atoms with Crippen LogP contribution in [0.25, 0.3) is 0 Å². The summed E-state index contributed by atoms with van der Waals surface area (Å²) in [6, 6.07) is 2.83. The highest BCUT2D eigenvalue weighted by Crippen LogP contribution is 2.36. The van der Waals surface area contributed by atoms with Crippen LogP contribution in [0.1, 0.15) is 51.4 Å². The number of benzene rings is 1. The maximum Gasteiger partial charge on any atom is 0.362 e. The van der Waals surface area contributed by atoms with Gasteiger partial charge in [-0.15, -0.1) is 11.3 Å². The third kappa shape index (κ3) is 7.58. The molecular weight excluding hydrogens is 720 g/mol. The number of hydrogen-bond acceptors (Lipinski definition) is 15. The van der Waals surface area contributed by atoms with Gasteiger partial charge in [0.05, 0.1) is 24.5 Å². The molecule has 2 fully saturated rings. The van der Waals surface area contributed by atoms with Gasteiger partial charge in [0.1, 0.15) is 11.7 Å². The number of rotatable bonds is 13. The molecule has 0 spiro atoms. The second kappa shape index (κ2) is 14.0. The highest BCUT2D eigenvalue weighted by atomic mass is 32.2. The van der Waals surface area contributed by atoms with E-state index in [1.54, 1.807) is 0 Å². The number of β-lactam (4-membered cyclic amide) rings is 1. The number of thiazole rings is 1. The lowest BCUT2D eigenvalue weighted by atomic mass is 9.80. The molecule has 21 nitrogen and oxygen atoms in total. The van der Waals surface area contributed by atoms with E-state index < -0.39 is 81.0 Å². The normalized spacial score (nSPS) is 18.2. The predicted molar refractivity (Wildman–Crippen MR) is 172 cm³/mol. The summed E-state index contributed by atoms with van der Waals surface area (Å²) in [6.45, 7) is -0.986. The highest BCUT2D eigenvalue weighted by molar-refractivity contribution is 7.84. The number of oxime groups is 1. The number of carbonyl (C=O) groups is 5. The maximum absolute atomic E-state index is 13.4. The third-order valence-corrected chi connectivity index (χ3v) is 9.55. The van der Waals surface area contributed by atoms with Crippen molar-refractivity contribution in [3.63, 3.8) is 0 Å². The van der Waals surface area contributed by atoms with E-state index in [-0.39, 0.29) is 51.3 Å². The van der Waals surface area contributed by atoms with E-state index in [9.17, 15) is 57.2 Å². The van der Waals surface area contributed by atoms with Crippen LogP contribution in [0.15, 0.2) is 51.9 Å². The molecule has 1 saturated carbocycles. The molecule has 0 unspecified atom stereocenters. The third-order valence-electron chi connectivity index (χ3n) is 7.92. The molecule has 2 atom stereocenters. The Morgan fingerprint density at radius 2 is 1.78 bits per heavy atom. The van der Waals surface area contributed by atoms with Gasteiger partial charge >= 0.3 is 16.3 Å². The Morgan fingerprint density at radius 1 is 1.12 bits per heavy atom.